The summed E-state index contributed by atoms with van der Waals surface area (Å²) in [6.45, 7) is 0. The summed E-state index contributed by atoms with van der Waals surface area (Å²) >= 11 is 1.55. The van der Waals surface area contributed by atoms with E-state index in [-0.39, 0.29) is 5.56 Å². The Morgan fingerprint density at radius 2 is 2.32 bits per heavy atom. The number of aromatic nitrogens is 2. The highest BCUT2D eigenvalue weighted by molar-refractivity contribution is 7.98. The maximum atomic E-state index is 11.6. The van der Waals surface area contributed by atoms with Gasteiger partial charge in [0.25, 0.3) is 5.56 Å². The molecule has 0 atom stereocenters. The van der Waals surface area contributed by atoms with Crippen LogP contribution >= 0.6 is 11.8 Å². The van der Waals surface area contributed by atoms with E-state index in [1.807, 2.05) is 18.2 Å². The van der Waals surface area contributed by atoms with Gasteiger partial charge in [-0.2, -0.15) is 0 Å². The van der Waals surface area contributed by atoms with E-state index in [4.69, 9.17) is 10.2 Å². The Bertz CT molecular complexity index is 765. The Balaban J connectivity index is 1.95. The first-order valence-corrected chi connectivity index (χ1v) is 6.65. The predicted molar refractivity (Wildman–Crippen MR) is 75.0 cm³/mol. The fraction of sp³-hybridized carbons (Fsp3) is 0.0769. The Labute approximate surface area is 112 Å². The van der Waals surface area contributed by atoms with E-state index in [0.29, 0.717) is 22.3 Å². The number of furan rings is 1. The fourth-order valence-electron chi connectivity index (χ4n) is 1.78. The Morgan fingerprint density at radius 1 is 1.42 bits per heavy atom. The van der Waals surface area contributed by atoms with Crippen LogP contribution in [0, 0.1) is 0 Å². The van der Waals surface area contributed by atoms with Crippen molar-refractivity contribution in [2.24, 2.45) is 0 Å². The Morgan fingerprint density at radius 3 is 3.11 bits per heavy atom. The van der Waals surface area contributed by atoms with E-state index in [0.717, 1.165) is 10.7 Å². The van der Waals surface area contributed by atoms with Crippen molar-refractivity contribution in [1.82, 2.24) is 9.97 Å². The molecule has 0 radical (unpaired) electrons. The molecule has 3 aromatic rings. The van der Waals surface area contributed by atoms with Crippen LogP contribution in [-0.4, -0.2) is 9.97 Å². The largest absolute Gasteiger partial charge is 0.468 e. The second-order valence-electron chi connectivity index (χ2n) is 4.01. The number of nitrogens with zero attached hydrogens (tertiary/aromatic N) is 1. The number of benzene rings is 1. The minimum atomic E-state index is -0.181. The van der Waals surface area contributed by atoms with Gasteiger partial charge in [0.1, 0.15) is 5.76 Å². The van der Waals surface area contributed by atoms with Crippen LogP contribution in [0.2, 0.25) is 0 Å². The first-order chi connectivity index (χ1) is 9.24. The van der Waals surface area contributed by atoms with E-state index < -0.39 is 0 Å². The first kappa shape index (κ1) is 11.9. The second kappa shape index (κ2) is 4.81. The van der Waals surface area contributed by atoms with Crippen LogP contribution in [0.5, 0.6) is 0 Å². The maximum Gasteiger partial charge on any atom is 0.258 e. The van der Waals surface area contributed by atoms with Gasteiger partial charge >= 0.3 is 0 Å². The number of H-pyrrole nitrogens is 1. The van der Waals surface area contributed by atoms with Gasteiger partial charge in [0.05, 0.1) is 29.2 Å². The van der Waals surface area contributed by atoms with Crippen LogP contribution in [0.3, 0.4) is 0 Å². The first-order valence-electron chi connectivity index (χ1n) is 5.66. The molecule has 0 aliphatic carbocycles. The monoisotopic (exact) mass is 273 g/mol. The van der Waals surface area contributed by atoms with Crippen LogP contribution in [-0.2, 0) is 5.75 Å². The van der Waals surface area contributed by atoms with Crippen molar-refractivity contribution in [2.45, 2.75) is 10.6 Å². The lowest BCUT2D eigenvalue weighted by atomic mass is 10.2. The molecule has 6 heteroatoms. The van der Waals surface area contributed by atoms with Crippen LogP contribution in [0.4, 0.5) is 5.69 Å². The lowest BCUT2D eigenvalue weighted by Gasteiger charge is -2.05. The van der Waals surface area contributed by atoms with Crippen LogP contribution in [0.1, 0.15) is 5.76 Å². The van der Waals surface area contributed by atoms with Gasteiger partial charge in [-0.1, -0.05) is 0 Å². The number of nitrogen functional groups attached to an aromatic ring is 1. The van der Waals surface area contributed by atoms with Crippen molar-refractivity contribution in [3.8, 4) is 0 Å². The molecule has 3 rings (SSSR count). The molecule has 5 nitrogen and oxygen atoms in total. The number of rotatable bonds is 3. The van der Waals surface area contributed by atoms with Gasteiger partial charge in [0.15, 0.2) is 0 Å². The zero-order valence-corrected chi connectivity index (χ0v) is 10.7. The van der Waals surface area contributed by atoms with Gasteiger partial charge in [0.2, 0.25) is 0 Å². The molecule has 0 amide bonds. The van der Waals surface area contributed by atoms with E-state index in [2.05, 4.69) is 9.97 Å². The number of fused-ring (bicyclic) bond motifs is 1. The minimum Gasteiger partial charge on any atom is -0.468 e. The van der Waals surface area contributed by atoms with Crippen molar-refractivity contribution >= 4 is 28.4 Å². The van der Waals surface area contributed by atoms with Gasteiger partial charge in [-0.15, -0.1) is 11.8 Å². The zero-order valence-electron chi connectivity index (χ0n) is 9.92. The Hall–Kier alpha value is -2.21. The fourth-order valence-corrected chi connectivity index (χ4v) is 2.66. The third-order valence-corrected chi connectivity index (χ3v) is 3.82. The second-order valence-corrected chi connectivity index (χ2v) is 5.02. The molecule has 0 fully saturated rings. The molecule has 0 bridgehead atoms. The SMILES string of the molecule is Nc1cc2c(=O)[nH]cnc2cc1SCc1ccco1. The molecule has 0 spiro atoms. The molecule has 3 N–H and O–H groups in total. The summed E-state index contributed by atoms with van der Waals surface area (Å²) in [6, 6.07) is 7.24. The summed E-state index contributed by atoms with van der Waals surface area (Å²) in [7, 11) is 0. The highest BCUT2D eigenvalue weighted by atomic mass is 32.2. The number of anilines is 1. The van der Waals surface area contributed by atoms with E-state index in [1.165, 1.54) is 6.33 Å². The molecule has 1 aromatic carbocycles. The van der Waals surface area contributed by atoms with Gasteiger partial charge in [-0.25, -0.2) is 4.98 Å². The molecule has 0 unspecified atom stereocenters. The number of aromatic amines is 1. The normalized spacial score (nSPS) is 10.9. The van der Waals surface area contributed by atoms with E-state index >= 15 is 0 Å². The average molecular weight is 273 g/mol. The summed E-state index contributed by atoms with van der Waals surface area (Å²) in [4.78, 5) is 19.2. The molecule has 2 aromatic heterocycles. The lowest BCUT2D eigenvalue weighted by Crippen LogP contribution is -2.07. The molecule has 0 aliphatic heterocycles. The third kappa shape index (κ3) is 2.34. The molecule has 19 heavy (non-hydrogen) atoms. The van der Waals surface area contributed by atoms with Crippen LogP contribution in [0.25, 0.3) is 10.9 Å². The van der Waals surface area contributed by atoms with Gasteiger partial charge < -0.3 is 15.1 Å². The quantitative estimate of drug-likeness (QED) is 0.565. The van der Waals surface area contributed by atoms with Crippen molar-refractivity contribution in [2.75, 3.05) is 5.73 Å². The third-order valence-electron chi connectivity index (χ3n) is 2.72. The van der Waals surface area contributed by atoms with Crippen LogP contribution in [0.15, 0.2) is 51.0 Å². The number of hydrogen-bond donors (Lipinski definition) is 2. The van der Waals surface area contributed by atoms with Gasteiger partial charge in [-0.05, 0) is 24.3 Å². The predicted octanol–water partition coefficient (Wildman–Crippen LogP) is 2.39. The molecular formula is C13H11N3O2S. The minimum absolute atomic E-state index is 0.181. The van der Waals surface area contributed by atoms with Gasteiger partial charge in [-0.3, -0.25) is 4.79 Å². The zero-order chi connectivity index (χ0) is 13.2. The van der Waals surface area contributed by atoms with Crippen molar-refractivity contribution < 1.29 is 4.42 Å². The van der Waals surface area contributed by atoms with Crippen LogP contribution < -0.4 is 11.3 Å². The van der Waals surface area contributed by atoms with E-state index in [1.54, 1.807) is 24.1 Å². The molecule has 2 heterocycles. The summed E-state index contributed by atoms with van der Waals surface area (Å²) in [5, 5.41) is 0.502. The number of nitrogens with two attached hydrogens (primary N) is 1. The summed E-state index contributed by atoms with van der Waals surface area (Å²) in [5.41, 5.74) is 6.99. The molecular weight excluding hydrogens is 262 g/mol. The van der Waals surface area contributed by atoms with E-state index in [9.17, 15) is 4.79 Å². The topological polar surface area (TPSA) is 84.9 Å². The summed E-state index contributed by atoms with van der Waals surface area (Å²) < 4.78 is 5.27. The number of hydrogen-bond acceptors (Lipinski definition) is 5. The standard InChI is InChI=1S/C13H11N3O2S/c14-10-4-9-11(15-7-16-13(9)17)5-12(10)19-6-8-2-1-3-18-8/h1-5,7H,6,14H2,(H,15,16,17). The molecule has 0 saturated carbocycles. The highest BCUT2D eigenvalue weighted by Crippen LogP contribution is 2.30. The maximum absolute atomic E-state index is 11.6. The molecule has 0 aliphatic rings. The Kier molecular flexibility index (Phi) is 3.00. The van der Waals surface area contributed by atoms with Crippen molar-refractivity contribution in [3.05, 3.63) is 53.0 Å². The molecule has 96 valence electrons. The highest BCUT2D eigenvalue weighted by Gasteiger charge is 2.07. The smallest absolute Gasteiger partial charge is 0.258 e. The lowest BCUT2D eigenvalue weighted by molar-refractivity contribution is 0.530. The number of nitrogens with one attached hydrogen (secondary N) is 1. The van der Waals surface area contributed by atoms with Crippen molar-refractivity contribution in [3.63, 3.8) is 0 Å². The summed E-state index contributed by atoms with van der Waals surface area (Å²) in [5.74, 6) is 1.56. The number of thioether (sulfide) groups is 1. The van der Waals surface area contributed by atoms with Crippen molar-refractivity contribution in [1.29, 1.82) is 0 Å². The summed E-state index contributed by atoms with van der Waals surface area (Å²) in [6.07, 6.45) is 3.03. The molecule has 0 saturated heterocycles. The van der Waals surface area contributed by atoms with Gasteiger partial charge in [0, 0.05) is 10.6 Å². The average Bonchev–Trinajstić information content (AvgIpc) is 2.91.